The number of para-hydroxylation sites is 1. The van der Waals surface area contributed by atoms with Crippen molar-refractivity contribution in [2.75, 3.05) is 13.2 Å². The normalized spacial score (nSPS) is 15.2. The minimum atomic E-state index is -0.604. The molecule has 0 spiro atoms. The highest BCUT2D eigenvalue weighted by molar-refractivity contribution is 14.1. The lowest BCUT2D eigenvalue weighted by Gasteiger charge is -2.30. The Balaban J connectivity index is 1.69. The molecule has 1 aliphatic rings. The fraction of sp³-hybridized carbons (Fsp3) is 0.308. The van der Waals surface area contributed by atoms with Gasteiger partial charge in [-0.25, -0.2) is 10.2 Å². The number of nitrogens with one attached hydrogen (secondary N) is 3. The molecule has 3 N–H and O–H groups in total. The SMILES string of the molecule is CCOC(=O)C1=C(C)NC(=S)N[C@H]1c1ccccc1OCC(=O)NN=Cc1cc(I)c(OC(C)C)c(I)c1. The molecule has 1 heterocycles. The van der Waals surface area contributed by atoms with Crippen LogP contribution in [-0.4, -0.2) is 42.5 Å². The van der Waals surface area contributed by atoms with E-state index in [1.54, 1.807) is 38.3 Å². The molecule has 38 heavy (non-hydrogen) atoms. The molecule has 0 aromatic heterocycles. The minimum absolute atomic E-state index is 0.0694. The number of hydrazone groups is 1. The third-order valence-electron chi connectivity index (χ3n) is 5.13. The summed E-state index contributed by atoms with van der Waals surface area (Å²) in [7, 11) is 0. The molecule has 0 unspecified atom stereocenters. The van der Waals surface area contributed by atoms with Crippen molar-refractivity contribution in [3.8, 4) is 11.5 Å². The summed E-state index contributed by atoms with van der Waals surface area (Å²) in [5, 5.41) is 10.5. The molecule has 1 amide bonds. The number of ether oxygens (including phenoxy) is 3. The van der Waals surface area contributed by atoms with E-state index in [4.69, 9.17) is 26.4 Å². The largest absolute Gasteiger partial charge is 0.489 e. The highest BCUT2D eigenvalue weighted by atomic mass is 127. The Morgan fingerprint density at radius 1 is 1.21 bits per heavy atom. The molecule has 202 valence electrons. The van der Waals surface area contributed by atoms with Crippen molar-refractivity contribution in [1.29, 1.82) is 0 Å². The van der Waals surface area contributed by atoms with Crippen LogP contribution in [-0.2, 0) is 14.3 Å². The molecule has 0 aliphatic carbocycles. The van der Waals surface area contributed by atoms with Crippen molar-refractivity contribution < 1.29 is 23.8 Å². The maximum atomic E-state index is 12.7. The molecule has 0 saturated carbocycles. The number of halogens is 2. The van der Waals surface area contributed by atoms with Crippen LogP contribution in [0, 0.1) is 7.14 Å². The van der Waals surface area contributed by atoms with Gasteiger partial charge >= 0.3 is 5.97 Å². The van der Waals surface area contributed by atoms with Crippen molar-refractivity contribution in [2.45, 2.75) is 39.8 Å². The van der Waals surface area contributed by atoms with Gasteiger partial charge in [-0.3, -0.25) is 4.79 Å². The highest BCUT2D eigenvalue weighted by Gasteiger charge is 2.32. The second kappa shape index (κ2) is 14.1. The lowest BCUT2D eigenvalue weighted by molar-refractivity contribution is -0.139. The average Bonchev–Trinajstić information content (AvgIpc) is 2.84. The lowest BCUT2D eigenvalue weighted by Crippen LogP contribution is -2.45. The maximum Gasteiger partial charge on any atom is 0.338 e. The fourth-order valence-corrected chi connectivity index (χ4v) is 5.96. The van der Waals surface area contributed by atoms with Crippen molar-refractivity contribution in [2.24, 2.45) is 5.10 Å². The number of rotatable bonds is 10. The molecular weight excluding hydrogens is 734 g/mol. The van der Waals surface area contributed by atoms with Gasteiger partial charge in [0.05, 0.1) is 37.7 Å². The topological polar surface area (TPSA) is 110 Å². The summed E-state index contributed by atoms with van der Waals surface area (Å²) in [6, 6.07) is 10.4. The Hall–Kier alpha value is -2.46. The summed E-state index contributed by atoms with van der Waals surface area (Å²) in [5.74, 6) is 0.349. The first-order valence-electron chi connectivity index (χ1n) is 11.7. The van der Waals surface area contributed by atoms with Crippen LogP contribution in [0.25, 0.3) is 0 Å². The first kappa shape index (κ1) is 30.1. The molecule has 9 nitrogen and oxygen atoms in total. The van der Waals surface area contributed by atoms with Gasteiger partial charge in [-0.2, -0.15) is 5.10 Å². The van der Waals surface area contributed by atoms with Crippen LogP contribution < -0.4 is 25.5 Å². The van der Waals surface area contributed by atoms with Gasteiger partial charge in [0.25, 0.3) is 5.91 Å². The zero-order valence-corrected chi connectivity index (χ0v) is 26.4. The van der Waals surface area contributed by atoms with Gasteiger partial charge in [0, 0.05) is 11.3 Å². The smallest absolute Gasteiger partial charge is 0.338 e. The summed E-state index contributed by atoms with van der Waals surface area (Å²) >= 11 is 9.74. The first-order valence-corrected chi connectivity index (χ1v) is 14.3. The van der Waals surface area contributed by atoms with E-state index < -0.39 is 17.9 Å². The third kappa shape index (κ3) is 8.02. The molecule has 3 rings (SSSR count). The number of carbonyl (C=O) groups is 2. The van der Waals surface area contributed by atoms with Crippen LogP contribution in [0.5, 0.6) is 11.5 Å². The van der Waals surface area contributed by atoms with Crippen LogP contribution in [0.1, 0.15) is 44.9 Å². The fourth-order valence-electron chi connectivity index (χ4n) is 3.61. The van der Waals surface area contributed by atoms with E-state index in [9.17, 15) is 9.59 Å². The molecule has 0 fully saturated rings. The number of nitrogens with zero attached hydrogens (tertiary/aromatic N) is 1. The number of hydrogen-bond donors (Lipinski definition) is 3. The quantitative estimate of drug-likeness (QED) is 0.106. The van der Waals surface area contributed by atoms with Gasteiger partial charge in [0.2, 0.25) is 0 Å². The lowest BCUT2D eigenvalue weighted by atomic mass is 9.95. The number of thiocarbonyl (C=S) groups is 1. The Bertz CT molecular complexity index is 1260. The number of benzene rings is 2. The number of hydrogen-bond acceptors (Lipinski definition) is 7. The summed E-state index contributed by atoms with van der Waals surface area (Å²) in [5.41, 5.74) is 4.93. The predicted octanol–water partition coefficient (Wildman–Crippen LogP) is 4.57. The molecule has 0 radical (unpaired) electrons. The molecule has 1 atom stereocenters. The summed E-state index contributed by atoms with van der Waals surface area (Å²) in [6.45, 7) is 7.41. The molecule has 12 heteroatoms. The molecular formula is C26H28I2N4O5S. The Morgan fingerprint density at radius 3 is 2.55 bits per heavy atom. The Kier molecular flexibility index (Phi) is 11.1. The predicted molar refractivity (Wildman–Crippen MR) is 166 cm³/mol. The standard InChI is InChI=1S/C26H28I2N4O5S/c1-5-35-25(34)22-15(4)30-26(38)31-23(22)17-8-6-7-9-20(17)36-13-21(33)32-29-12-16-10-18(27)24(19(28)11-16)37-14(2)3/h6-12,14,23H,5,13H2,1-4H3,(H,32,33)(H2,30,31,38)/t23-/m0/s1. The number of allylic oxidation sites excluding steroid dienone is 1. The van der Waals surface area contributed by atoms with Crippen molar-refractivity contribution in [3.63, 3.8) is 0 Å². The van der Waals surface area contributed by atoms with Crippen LogP contribution in [0.2, 0.25) is 0 Å². The van der Waals surface area contributed by atoms with Crippen LogP contribution in [0.3, 0.4) is 0 Å². The van der Waals surface area contributed by atoms with E-state index in [1.165, 1.54) is 0 Å². The van der Waals surface area contributed by atoms with Gasteiger partial charge in [-0.05, 0) is 109 Å². The van der Waals surface area contributed by atoms with E-state index in [0.717, 1.165) is 18.5 Å². The average molecular weight is 762 g/mol. The van der Waals surface area contributed by atoms with Gasteiger partial charge in [0.15, 0.2) is 11.7 Å². The van der Waals surface area contributed by atoms with E-state index in [-0.39, 0.29) is 19.3 Å². The van der Waals surface area contributed by atoms with Crippen LogP contribution in [0.4, 0.5) is 0 Å². The molecule has 1 aliphatic heterocycles. The van der Waals surface area contributed by atoms with E-state index >= 15 is 0 Å². The van der Waals surface area contributed by atoms with Gasteiger partial charge in [-0.15, -0.1) is 0 Å². The van der Waals surface area contributed by atoms with Crippen molar-refractivity contribution >= 4 is 80.6 Å². The first-order chi connectivity index (χ1) is 18.1. The van der Waals surface area contributed by atoms with Gasteiger partial charge < -0.3 is 24.8 Å². The van der Waals surface area contributed by atoms with Crippen molar-refractivity contribution in [3.05, 3.63) is 65.9 Å². The monoisotopic (exact) mass is 762 g/mol. The second-order valence-corrected chi connectivity index (χ2v) is 11.1. The summed E-state index contributed by atoms with van der Waals surface area (Å²) in [6.07, 6.45) is 1.63. The number of carbonyl (C=O) groups excluding carboxylic acids is 2. The van der Waals surface area contributed by atoms with Crippen molar-refractivity contribution in [1.82, 2.24) is 16.1 Å². The van der Waals surface area contributed by atoms with E-state index in [2.05, 4.69) is 66.3 Å². The van der Waals surface area contributed by atoms with Crippen LogP contribution in [0.15, 0.2) is 52.8 Å². The molecule has 0 bridgehead atoms. The van der Waals surface area contributed by atoms with Gasteiger partial charge in [0.1, 0.15) is 11.5 Å². The van der Waals surface area contributed by atoms with Gasteiger partial charge in [-0.1, -0.05) is 18.2 Å². The molecule has 2 aromatic carbocycles. The summed E-state index contributed by atoms with van der Waals surface area (Å²) < 4.78 is 18.8. The van der Waals surface area contributed by atoms with Crippen LogP contribution >= 0.6 is 57.4 Å². The highest BCUT2D eigenvalue weighted by Crippen LogP contribution is 2.33. The number of amides is 1. The maximum absolute atomic E-state index is 12.7. The Labute approximate surface area is 254 Å². The van der Waals surface area contributed by atoms with E-state index in [0.29, 0.717) is 27.7 Å². The third-order valence-corrected chi connectivity index (χ3v) is 6.95. The zero-order chi connectivity index (χ0) is 27.8. The Morgan fingerprint density at radius 2 is 1.89 bits per heavy atom. The number of esters is 1. The second-order valence-electron chi connectivity index (χ2n) is 8.39. The zero-order valence-electron chi connectivity index (χ0n) is 21.3. The summed E-state index contributed by atoms with van der Waals surface area (Å²) in [4.78, 5) is 25.1. The molecule has 0 saturated heterocycles. The minimum Gasteiger partial charge on any atom is -0.489 e. The molecule has 2 aromatic rings. The van der Waals surface area contributed by atoms with E-state index in [1.807, 2.05) is 32.0 Å².